The number of fused-ring (bicyclic) bond motifs is 5. The monoisotopic (exact) mass is 535 g/mol. The number of methoxy groups -OCH3 is 1. The van der Waals surface area contributed by atoms with Crippen LogP contribution in [0.2, 0.25) is 0 Å². The van der Waals surface area contributed by atoms with Crippen molar-refractivity contribution in [2.45, 2.75) is 66.0 Å². The number of carbonyl (C=O) groups excluding carboxylic acids is 1. The average molecular weight is 537 g/mol. The fourth-order valence-electron chi connectivity index (χ4n) is 5.58. The highest BCUT2D eigenvalue weighted by Crippen LogP contribution is 2.47. The lowest BCUT2D eigenvalue weighted by Gasteiger charge is -2.40. The Bertz CT molecular complexity index is 1300. The first-order valence-electron chi connectivity index (χ1n) is 12.4. The average Bonchev–Trinajstić information content (AvgIpc) is 3.07. The summed E-state index contributed by atoms with van der Waals surface area (Å²) >= 11 is 3.98. The lowest BCUT2D eigenvalue weighted by atomic mass is 9.80. The molecule has 0 radical (unpaired) electrons. The molecule has 5 rings (SSSR count). The van der Waals surface area contributed by atoms with Crippen molar-refractivity contribution in [3.8, 4) is 28.1 Å². The predicted octanol–water partition coefficient (Wildman–Crippen LogP) is 6.76. The summed E-state index contributed by atoms with van der Waals surface area (Å²) in [7, 11) is 1.72. The summed E-state index contributed by atoms with van der Waals surface area (Å²) in [5.41, 5.74) is 7.35. The van der Waals surface area contributed by atoms with E-state index in [1.54, 1.807) is 13.3 Å². The van der Waals surface area contributed by atoms with Gasteiger partial charge in [0.05, 0.1) is 12.8 Å². The van der Waals surface area contributed by atoms with Gasteiger partial charge >= 0.3 is 0 Å². The van der Waals surface area contributed by atoms with Crippen LogP contribution in [0.3, 0.4) is 0 Å². The standard InChI is InChI=1S/C29H34BrN3O2/c1-28(2,3)33-13-10-29(4,5)16-22-24(30)25-21-15-20(19-8-7-11-31-17-19)23(35-6)14-18(21)9-12-32(25)26(22)27(33)34/h7-8,11,14-15,17H,9-10,12-13,16H2,1-6H3. The first kappa shape index (κ1) is 24.1. The Morgan fingerprint density at radius 2 is 1.89 bits per heavy atom. The minimum atomic E-state index is -0.244. The third kappa shape index (κ3) is 4.10. The van der Waals surface area contributed by atoms with Crippen molar-refractivity contribution in [3.05, 3.63) is 58.0 Å². The van der Waals surface area contributed by atoms with E-state index in [4.69, 9.17) is 4.74 Å². The molecule has 5 nitrogen and oxygen atoms in total. The largest absolute Gasteiger partial charge is 0.496 e. The summed E-state index contributed by atoms with van der Waals surface area (Å²) in [6.07, 6.45) is 6.35. The lowest BCUT2D eigenvalue weighted by molar-refractivity contribution is 0.0517. The molecule has 0 N–H and O–H groups in total. The number of halogens is 1. The van der Waals surface area contributed by atoms with Crippen molar-refractivity contribution in [1.29, 1.82) is 0 Å². The molecule has 1 amide bonds. The van der Waals surface area contributed by atoms with Crippen LogP contribution in [0.1, 0.15) is 62.7 Å². The van der Waals surface area contributed by atoms with E-state index in [1.165, 1.54) is 5.56 Å². The normalized spacial score (nSPS) is 17.2. The van der Waals surface area contributed by atoms with Crippen molar-refractivity contribution in [3.63, 3.8) is 0 Å². The molecular weight excluding hydrogens is 502 g/mol. The second kappa shape index (κ2) is 8.51. The summed E-state index contributed by atoms with van der Waals surface area (Å²) in [6.45, 7) is 12.6. The number of rotatable bonds is 2. The summed E-state index contributed by atoms with van der Waals surface area (Å²) < 4.78 is 9.10. The third-order valence-corrected chi connectivity index (χ3v) is 8.34. The van der Waals surface area contributed by atoms with Crippen LogP contribution < -0.4 is 4.74 Å². The van der Waals surface area contributed by atoms with Gasteiger partial charge in [-0.2, -0.15) is 0 Å². The maximum atomic E-state index is 14.1. The van der Waals surface area contributed by atoms with Crippen LogP contribution in [-0.2, 0) is 19.4 Å². The van der Waals surface area contributed by atoms with E-state index in [9.17, 15) is 4.79 Å². The van der Waals surface area contributed by atoms with Gasteiger partial charge in [0.15, 0.2) is 0 Å². The fourth-order valence-corrected chi connectivity index (χ4v) is 6.34. The number of ether oxygens (including phenoxy) is 1. The molecule has 184 valence electrons. The summed E-state index contributed by atoms with van der Waals surface area (Å²) in [6, 6.07) is 8.37. The van der Waals surface area contributed by atoms with Crippen LogP contribution in [0.5, 0.6) is 5.75 Å². The SMILES string of the molecule is COc1cc2c(cc1-c1cccnc1)-c1c(Br)c3c(n1CC2)C(=O)N(C(C)(C)C)CCC(C)(C)C3. The molecule has 0 bridgehead atoms. The highest BCUT2D eigenvalue weighted by atomic mass is 79.9. The molecule has 0 spiro atoms. The fraction of sp³-hybridized carbons (Fsp3) is 0.448. The molecule has 1 aromatic carbocycles. The topological polar surface area (TPSA) is 47.4 Å². The number of carbonyl (C=O) groups is 1. The van der Waals surface area contributed by atoms with Gasteiger partial charge < -0.3 is 14.2 Å². The first-order valence-corrected chi connectivity index (χ1v) is 13.2. The molecule has 0 saturated heterocycles. The molecule has 4 heterocycles. The maximum Gasteiger partial charge on any atom is 0.271 e. The predicted molar refractivity (Wildman–Crippen MR) is 144 cm³/mol. The maximum absolute atomic E-state index is 14.1. The molecule has 0 atom stereocenters. The van der Waals surface area contributed by atoms with E-state index in [0.29, 0.717) is 0 Å². The highest BCUT2D eigenvalue weighted by Gasteiger charge is 2.39. The van der Waals surface area contributed by atoms with Crippen LogP contribution in [0.25, 0.3) is 22.4 Å². The zero-order valence-corrected chi connectivity index (χ0v) is 23.1. The second-order valence-electron chi connectivity index (χ2n) is 11.6. The molecule has 0 saturated carbocycles. The van der Waals surface area contributed by atoms with Gasteiger partial charge in [0.2, 0.25) is 0 Å². The van der Waals surface area contributed by atoms with Gasteiger partial charge in [-0.05, 0) is 90.7 Å². The Hall–Kier alpha value is -2.60. The molecule has 2 aliphatic heterocycles. The van der Waals surface area contributed by atoms with Gasteiger partial charge in [-0.15, -0.1) is 0 Å². The van der Waals surface area contributed by atoms with E-state index in [2.05, 4.69) is 83.2 Å². The number of hydrogen-bond acceptors (Lipinski definition) is 3. The van der Waals surface area contributed by atoms with Gasteiger partial charge in [-0.1, -0.05) is 19.9 Å². The molecule has 35 heavy (non-hydrogen) atoms. The smallest absolute Gasteiger partial charge is 0.271 e. The van der Waals surface area contributed by atoms with Crippen molar-refractivity contribution in [1.82, 2.24) is 14.5 Å². The molecule has 3 aromatic rings. The number of aromatic nitrogens is 2. The number of aryl methyl sites for hydroxylation is 1. The van der Waals surface area contributed by atoms with Gasteiger partial charge in [0.25, 0.3) is 5.91 Å². The van der Waals surface area contributed by atoms with E-state index in [1.807, 2.05) is 12.3 Å². The minimum Gasteiger partial charge on any atom is -0.496 e. The lowest BCUT2D eigenvalue weighted by Crippen LogP contribution is -2.49. The van der Waals surface area contributed by atoms with Crippen LogP contribution in [0.4, 0.5) is 0 Å². The van der Waals surface area contributed by atoms with Crippen LogP contribution in [-0.4, -0.2) is 39.6 Å². The number of hydrogen-bond donors (Lipinski definition) is 0. The number of amides is 1. The Kier molecular flexibility index (Phi) is 5.86. The molecule has 2 aromatic heterocycles. The van der Waals surface area contributed by atoms with Crippen molar-refractivity contribution < 1.29 is 9.53 Å². The van der Waals surface area contributed by atoms with Gasteiger partial charge in [0.1, 0.15) is 11.4 Å². The summed E-state index contributed by atoms with van der Waals surface area (Å²) in [5.74, 6) is 0.988. The molecular formula is C29H34BrN3O2. The third-order valence-electron chi connectivity index (χ3n) is 7.48. The van der Waals surface area contributed by atoms with Crippen LogP contribution in [0.15, 0.2) is 41.1 Å². The number of pyridine rings is 1. The first-order chi connectivity index (χ1) is 16.5. The van der Waals surface area contributed by atoms with E-state index in [0.717, 1.165) is 76.2 Å². The summed E-state index contributed by atoms with van der Waals surface area (Å²) in [4.78, 5) is 20.5. The molecule has 2 aliphatic rings. The number of nitrogens with zero attached hydrogens (tertiary/aromatic N) is 3. The number of benzene rings is 1. The van der Waals surface area contributed by atoms with Crippen LogP contribution >= 0.6 is 15.9 Å². The molecule has 0 aliphatic carbocycles. The zero-order valence-electron chi connectivity index (χ0n) is 21.5. The van der Waals surface area contributed by atoms with Gasteiger partial charge in [-0.3, -0.25) is 9.78 Å². The van der Waals surface area contributed by atoms with E-state index >= 15 is 0 Å². The van der Waals surface area contributed by atoms with E-state index < -0.39 is 0 Å². The highest BCUT2D eigenvalue weighted by molar-refractivity contribution is 9.10. The zero-order chi connectivity index (χ0) is 25.1. The van der Waals surface area contributed by atoms with Gasteiger partial charge in [0, 0.05) is 52.2 Å². The Labute approximate surface area is 216 Å². The minimum absolute atomic E-state index is 0.0859. The Balaban J connectivity index is 1.76. The second-order valence-corrected chi connectivity index (χ2v) is 12.4. The van der Waals surface area contributed by atoms with Crippen LogP contribution in [0, 0.1) is 5.41 Å². The van der Waals surface area contributed by atoms with E-state index in [-0.39, 0.29) is 16.9 Å². The molecule has 0 fully saturated rings. The van der Waals surface area contributed by atoms with Gasteiger partial charge in [-0.25, -0.2) is 0 Å². The molecule has 0 unspecified atom stereocenters. The van der Waals surface area contributed by atoms with Crippen molar-refractivity contribution in [2.75, 3.05) is 13.7 Å². The molecule has 6 heteroatoms. The summed E-state index contributed by atoms with van der Waals surface area (Å²) in [5, 5.41) is 0. The van der Waals surface area contributed by atoms with Crippen molar-refractivity contribution in [2.24, 2.45) is 5.41 Å². The quantitative estimate of drug-likeness (QED) is 0.364. The Morgan fingerprint density at radius 1 is 1.11 bits per heavy atom. The van der Waals surface area contributed by atoms with Crippen molar-refractivity contribution >= 4 is 21.8 Å². The Morgan fingerprint density at radius 3 is 2.54 bits per heavy atom.